The molecule has 0 spiro atoms. The van der Waals surface area contributed by atoms with E-state index in [0.717, 1.165) is 13.2 Å². The van der Waals surface area contributed by atoms with E-state index in [1.54, 1.807) is 7.05 Å². The van der Waals surface area contributed by atoms with Crippen molar-refractivity contribution in [2.24, 2.45) is 0 Å². The Hall–Kier alpha value is -0.610. The highest BCUT2D eigenvalue weighted by Gasteiger charge is 2.08. The molecule has 1 rings (SSSR count). The third kappa shape index (κ3) is 24.4. The molecule has 4 heteroatoms. The van der Waals surface area contributed by atoms with E-state index in [-0.39, 0.29) is 0 Å². The number of ether oxygens (including phenoxy) is 1. The van der Waals surface area contributed by atoms with Gasteiger partial charge in [0.1, 0.15) is 0 Å². The second kappa shape index (κ2) is 28.5. The minimum absolute atomic E-state index is 0.625. The predicted molar refractivity (Wildman–Crippen MR) is 98.5 cm³/mol. The van der Waals surface area contributed by atoms with Crippen molar-refractivity contribution in [3.8, 4) is 0 Å². The summed E-state index contributed by atoms with van der Waals surface area (Å²) < 4.78 is 5.31. The van der Waals surface area contributed by atoms with Crippen LogP contribution in [-0.2, 0) is 9.53 Å². The average Bonchev–Trinajstić information content (AvgIpc) is 2.62. The first kappa shape index (κ1) is 26.3. The van der Waals surface area contributed by atoms with Gasteiger partial charge in [-0.15, -0.1) is 0 Å². The van der Waals surface area contributed by atoms with Crippen LogP contribution in [0, 0.1) is 0 Å². The molecule has 1 fully saturated rings. The van der Waals surface area contributed by atoms with E-state index < -0.39 is 0 Å². The lowest BCUT2D eigenvalue weighted by Crippen LogP contribution is -2.30. The summed E-state index contributed by atoms with van der Waals surface area (Å²) in [5, 5.41) is 2.25. The fourth-order valence-electron chi connectivity index (χ4n) is 2.04. The van der Waals surface area contributed by atoms with Gasteiger partial charge in [-0.1, -0.05) is 34.1 Å². The lowest BCUT2D eigenvalue weighted by atomic mass is 10.1. The molecule has 1 amide bonds. The van der Waals surface area contributed by atoms with Gasteiger partial charge in [-0.25, -0.2) is 0 Å². The van der Waals surface area contributed by atoms with Gasteiger partial charge in [0, 0.05) is 20.3 Å². The van der Waals surface area contributed by atoms with Crippen molar-refractivity contribution >= 4 is 6.41 Å². The van der Waals surface area contributed by atoms with Crippen molar-refractivity contribution < 1.29 is 9.53 Å². The van der Waals surface area contributed by atoms with E-state index in [1.807, 2.05) is 27.7 Å². The van der Waals surface area contributed by atoms with Gasteiger partial charge in [0.05, 0.1) is 0 Å². The van der Waals surface area contributed by atoms with Crippen LogP contribution < -0.4 is 5.32 Å². The van der Waals surface area contributed by atoms with Crippen LogP contribution >= 0.6 is 0 Å². The number of hydrogen-bond acceptors (Lipinski definition) is 3. The predicted octanol–water partition coefficient (Wildman–Crippen LogP) is 4.09. The van der Waals surface area contributed by atoms with Gasteiger partial charge in [-0.3, -0.25) is 4.79 Å². The number of likely N-dealkylation sites (tertiary alicyclic amines) is 1. The first-order valence-electron chi connectivity index (χ1n) is 9.26. The number of nitrogens with zero attached hydrogens (tertiary/aromatic N) is 1. The van der Waals surface area contributed by atoms with Crippen molar-refractivity contribution in [1.82, 2.24) is 10.2 Å². The molecule has 1 N–H and O–H groups in total. The molecule has 0 aromatic carbocycles. The molecule has 0 aromatic heterocycles. The Kier molecular flexibility index (Phi) is 34.1. The summed E-state index contributed by atoms with van der Waals surface area (Å²) >= 11 is 0. The maximum Gasteiger partial charge on any atom is 0.206 e. The van der Waals surface area contributed by atoms with Crippen LogP contribution in [0.1, 0.15) is 73.1 Å². The highest BCUT2D eigenvalue weighted by Crippen LogP contribution is 2.09. The van der Waals surface area contributed by atoms with Crippen LogP contribution in [-0.4, -0.2) is 51.2 Å². The maximum atomic E-state index is 9.06. The number of piperidine rings is 1. The van der Waals surface area contributed by atoms with Crippen LogP contribution in [0.2, 0.25) is 0 Å². The molecule has 0 atom stereocenters. The lowest BCUT2D eigenvalue weighted by molar-refractivity contribution is -0.109. The van der Waals surface area contributed by atoms with Gasteiger partial charge in [-0.05, 0) is 58.7 Å². The Labute approximate surface area is 140 Å². The summed E-state index contributed by atoms with van der Waals surface area (Å²) in [5.74, 6) is 0. The van der Waals surface area contributed by atoms with Gasteiger partial charge >= 0.3 is 0 Å². The zero-order valence-electron chi connectivity index (χ0n) is 16.1. The number of carbonyl (C=O) groups excluding carboxylic acids is 1. The molecule has 1 saturated heterocycles. The van der Waals surface area contributed by atoms with Gasteiger partial charge in [0.15, 0.2) is 0 Å². The number of amides is 1. The van der Waals surface area contributed by atoms with Gasteiger partial charge in [-0.2, -0.15) is 0 Å². The van der Waals surface area contributed by atoms with Crippen LogP contribution in [0.4, 0.5) is 0 Å². The van der Waals surface area contributed by atoms with Crippen LogP contribution in [0.15, 0.2) is 0 Å². The van der Waals surface area contributed by atoms with Crippen molar-refractivity contribution in [3.05, 3.63) is 0 Å². The second-order valence-corrected chi connectivity index (χ2v) is 4.57. The summed E-state index contributed by atoms with van der Waals surface area (Å²) in [6.45, 7) is 15.9. The van der Waals surface area contributed by atoms with Crippen LogP contribution in [0.3, 0.4) is 0 Å². The summed E-state index contributed by atoms with van der Waals surface area (Å²) in [5.41, 5.74) is 0. The normalized spacial score (nSPS) is 13.4. The molecule has 1 aliphatic heterocycles. The minimum atomic E-state index is 0.625. The fourth-order valence-corrected chi connectivity index (χ4v) is 2.04. The molecule has 0 aromatic rings. The van der Waals surface area contributed by atoms with Crippen LogP contribution in [0.25, 0.3) is 0 Å². The summed E-state index contributed by atoms with van der Waals surface area (Å²) in [6.07, 6.45) is 8.82. The summed E-state index contributed by atoms with van der Waals surface area (Å²) in [6, 6.07) is 0. The molecule has 1 aliphatic rings. The Bertz CT molecular complexity index is 172. The first-order valence-corrected chi connectivity index (χ1v) is 9.26. The Morgan fingerprint density at radius 2 is 1.55 bits per heavy atom. The first-order chi connectivity index (χ1) is 10.8. The second-order valence-electron chi connectivity index (χ2n) is 4.57. The minimum Gasteiger partial charge on any atom is -0.382 e. The number of nitrogens with one attached hydrogen (secondary N) is 1. The van der Waals surface area contributed by atoms with E-state index in [9.17, 15) is 0 Å². The Balaban J connectivity index is -0.000000383. The molecule has 22 heavy (non-hydrogen) atoms. The fraction of sp³-hybridized carbons (Fsp3) is 0.944. The van der Waals surface area contributed by atoms with E-state index >= 15 is 0 Å². The highest BCUT2D eigenvalue weighted by atomic mass is 16.5. The summed E-state index contributed by atoms with van der Waals surface area (Å²) in [7, 11) is 1.56. The molecule has 0 saturated carbocycles. The number of rotatable bonds is 8. The molecule has 1 heterocycles. The molecular formula is C18H42N2O2. The van der Waals surface area contributed by atoms with E-state index in [4.69, 9.17) is 9.53 Å². The van der Waals surface area contributed by atoms with Crippen molar-refractivity contribution in [3.63, 3.8) is 0 Å². The largest absolute Gasteiger partial charge is 0.382 e. The Morgan fingerprint density at radius 3 is 2.00 bits per heavy atom. The third-order valence-corrected chi connectivity index (χ3v) is 3.03. The lowest BCUT2D eigenvalue weighted by Gasteiger charge is -2.26. The average molecular weight is 319 g/mol. The van der Waals surface area contributed by atoms with Crippen molar-refractivity contribution in [2.75, 3.05) is 39.9 Å². The van der Waals surface area contributed by atoms with Crippen molar-refractivity contribution in [1.29, 1.82) is 0 Å². The van der Waals surface area contributed by atoms with E-state index in [2.05, 4.69) is 17.1 Å². The number of hydrogen-bond donors (Lipinski definition) is 1. The number of unbranched alkanes of at least 4 members (excludes halogenated alkanes) is 2. The third-order valence-electron chi connectivity index (χ3n) is 3.03. The molecule has 0 bridgehead atoms. The van der Waals surface area contributed by atoms with E-state index in [0.29, 0.717) is 6.41 Å². The zero-order chi connectivity index (χ0) is 17.5. The maximum absolute atomic E-state index is 9.06. The zero-order valence-corrected chi connectivity index (χ0v) is 16.1. The highest BCUT2D eigenvalue weighted by molar-refractivity contribution is 5.44. The van der Waals surface area contributed by atoms with Gasteiger partial charge < -0.3 is 15.0 Å². The van der Waals surface area contributed by atoms with Crippen LogP contribution in [0.5, 0.6) is 0 Å². The van der Waals surface area contributed by atoms with Gasteiger partial charge in [0.25, 0.3) is 0 Å². The van der Waals surface area contributed by atoms with Crippen molar-refractivity contribution in [2.45, 2.75) is 73.1 Å². The molecule has 4 nitrogen and oxygen atoms in total. The molecular weight excluding hydrogens is 276 g/mol. The molecule has 0 radical (unpaired) electrons. The quantitative estimate of drug-likeness (QED) is 0.541. The van der Waals surface area contributed by atoms with Gasteiger partial charge in [0.2, 0.25) is 6.41 Å². The SMILES string of the molecule is CC.CC.CCOCCCCCN1CCCCC1.CNC=O. The molecule has 136 valence electrons. The Morgan fingerprint density at radius 1 is 1.00 bits per heavy atom. The number of carbonyl (C=O) groups is 1. The molecule has 0 aliphatic carbocycles. The standard InChI is InChI=1S/C12H25NO.C2H5NO.2C2H6/c1-2-14-12-8-4-7-11-13-9-5-3-6-10-13;1-3-2-4;2*1-2/h2-12H2,1H3;2H,1H3,(H,3,4);2*1-2H3. The monoisotopic (exact) mass is 318 g/mol. The topological polar surface area (TPSA) is 41.6 Å². The molecule has 0 unspecified atom stereocenters. The smallest absolute Gasteiger partial charge is 0.206 e. The summed E-state index contributed by atoms with van der Waals surface area (Å²) in [4.78, 5) is 11.7. The van der Waals surface area contributed by atoms with E-state index in [1.165, 1.54) is 58.2 Å².